The van der Waals surface area contributed by atoms with Gasteiger partial charge < -0.3 is 15.1 Å². The minimum absolute atomic E-state index is 0. The van der Waals surface area contributed by atoms with Crippen LogP contribution in [0.25, 0.3) is 0 Å². The summed E-state index contributed by atoms with van der Waals surface area (Å²) in [6, 6.07) is 0. The molecule has 1 N–H and O–H groups in total. The van der Waals surface area contributed by atoms with E-state index in [1.165, 1.54) is 6.42 Å². The summed E-state index contributed by atoms with van der Waals surface area (Å²) in [6.07, 6.45) is 7.12. The molecule has 0 saturated carbocycles. The molecule has 128 valence electrons. The maximum atomic E-state index is 12.4. The van der Waals surface area contributed by atoms with Crippen molar-refractivity contribution in [1.29, 1.82) is 0 Å². The molecule has 0 aromatic rings. The van der Waals surface area contributed by atoms with E-state index in [9.17, 15) is 9.59 Å². The number of halogens is 1. The van der Waals surface area contributed by atoms with E-state index in [0.29, 0.717) is 13.0 Å². The Morgan fingerprint density at radius 2 is 1.91 bits per heavy atom. The smallest absolute Gasteiger partial charge is 0.242 e. The first-order valence-electron chi connectivity index (χ1n) is 8.41. The molecule has 2 amide bonds. The quantitative estimate of drug-likeness (QED) is 0.833. The molecule has 0 unspecified atom stereocenters. The lowest BCUT2D eigenvalue weighted by molar-refractivity contribution is -0.141. The van der Waals surface area contributed by atoms with Gasteiger partial charge in [0.1, 0.15) is 0 Å². The average molecular weight is 332 g/mol. The molecular weight excluding hydrogens is 302 g/mol. The minimum atomic E-state index is 0. The number of hydrogen-bond acceptors (Lipinski definition) is 3. The summed E-state index contributed by atoms with van der Waals surface area (Å²) in [7, 11) is 1.98. The SMILES string of the molecule is CNCCC1CCN(C(=O)CN2CCCCCC2=O)CC1.Cl. The van der Waals surface area contributed by atoms with Gasteiger partial charge in [-0.05, 0) is 51.6 Å². The van der Waals surface area contributed by atoms with Gasteiger partial charge in [-0.3, -0.25) is 9.59 Å². The number of hydrogen-bond donors (Lipinski definition) is 1. The third-order valence-electron chi connectivity index (χ3n) is 4.77. The number of nitrogens with one attached hydrogen (secondary N) is 1. The predicted octanol–water partition coefficient (Wildman–Crippen LogP) is 1.66. The molecule has 2 rings (SSSR count). The van der Waals surface area contributed by atoms with Crippen LogP contribution in [0, 0.1) is 5.92 Å². The summed E-state index contributed by atoms with van der Waals surface area (Å²) in [4.78, 5) is 28.0. The summed E-state index contributed by atoms with van der Waals surface area (Å²) < 4.78 is 0. The second-order valence-electron chi connectivity index (χ2n) is 6.34. The van der Waals surface area contributed by atoms with Crippen molar-refractivity contribution in [2.75, 3.05) is 39.8 Å². The number of piperidine rings is 1. The van der Waals surface area contributed by atoms with Gasteiger partial charge in [0.15, 0.2) is 0 Å². The highest BCUT2D eigenvalue weighted by Gasteiger charge is 2.25. The third kappa shape index (κ3) is 5.76. The van der Waals surface area contributed by atoms with Crippen molar-refractivity contribution < 1.29 is 9.59 Å². The van der Waals surface area contributed by atoms with Gasteiger partial charge >= 0.3 is 0 Å². The Bertz CT molecular complexity index is 357. The van der Waals surface area contributed by atoms with Crippen LogP contribution in [0.1, 0.15) is 44.9 Å². The van der Waals surface area contributed by atoms with Gasteiger partial charge in [-0.25, -0.2) is 0 Å². The predicted molar refractivity (Wildman–Crippen MR) is 90.1 cm³/mol. The van der Waals surface area contributed by atoms with E-state index < -0.39 is 0 Å². The Morgan fingerprint density at radius 1 is 1.18 bits per heavy atom. The molecule has 0 aromatic carbocycles. The van der Waals surface area contributed by atoms with E-state index in [-0.39, 0.29) is 24.2 Å². The normalized spacial score (nSPS) is 20.5. The zero-order valence-corrected chi connectivity index (χ0v) is 14.5. The van der Waals surface area contributed by atoms with Gasteiger partial charge in [-0.1, -0.05) is 6.42 Å². The van der Waals surface area contributed by atoms with Gasteiger partial charge in [0.05, 0.1) is 6.54 Å². The average Bonchev–Trinajstić information content (AvgIpc) is 2.70. The van der Waals surface area contributed by atoms with Crippen molar-refractivity contribution in [2.45, 2.75) is 44.9 Å². The van der Waals surface area contributed by atoms with Crippen LogP contribution in [0.4, 0.5) is 0 Å². The molecule has 2 fully saturated rings. The molecule has 2 aliphatic heterocycles. The number of rotatable bonds is 5. The van der Waals surface area contributed by atoms with Gasteiger partial charge in [0.2, 0.25) is 11.8 Å². The van der Waals surface area contributed by atoms with Crippen LogP contribution in [-0.4, -0.2) is 61.4 Å². The first-order chi connectivity index (χ1) is 10.2. The van der Waals surface area contributed by atoms with E-state index in [2.05, 4.69) is 5.32 Å². The molecule has 22 heavy (non-hydrogen) atoms. The summed E-state index contributed by atoms with van der Waals surface area (Å²) >= 11 is 0. The fraction of sp³-hybridized carbons (Fsp3) is 0.875. The fourth-order valence-corrected chi connectivity index (χ4v) is 3.29. The summed E-state index contributed by atoms with van der Waals surface area (Å²) in [5.74, 6) is 1.03. The number of carbonyl (C=O) groups is 2. The number of amides is 2. The summed E-state index contributed by atoms with van der Waals surface area (Å²) in [6.45, 7) is 3.81. The van der Waals surface area contributed by atoms with Crippen LogP contribution < -0.4 is 5.32 Å². The third-order valence-corrected chi connectivity index (χ3v) is 4.77. The van der Waals surface area contributed by atoms with Crippen LogP contribution in [-0.2, 0) is 9.59 Å². The highest BCUT2D eigenvalue weighted by molar-refractivity contribution is 5.85. The second-order valence-corrected chi connectivity index (χ2v) is 6.34. The fourth-order valence-electron chi connectivity index (χ4n) is 3.29. The standard InChI is InChI=1S/C16H29N3O2.ClH/c1-17-9-6-14-7-11-18(12-8-14)16(21)13-19-10-4-2-3-5-15(19)20;/h14,17H,2-13H2,1H3;1H. The highest BCUT2D eigenvalue weighted by Crippen LogP contribution is 2.20. The number of carbonyl (C=O) groups excluding carboxylic acids is 2. The van der Waals surface area contributed by atoms with E-state index in [4.69, 9.17) is 0 Å². The summed E-state index contributed by atoms with van der Waals surface area (Å²) in [5, 5.41) is 3.19. The maximum absolute atomic E-state index is 12.4. The van der Waals surface area contributed by atoms with Crippen LogP contribution in [0.2, 0.25) is 0 Å². The van der Waals surface area contributed by atoms with Gasteiger partial charge in [0.25, 0.3) is 0 Å². The van der Waals surface area contributed by atoms with Crippen molar-refractivity contribution in [1.82, 2.24) is 15.1 Å². The Balaban J connectivity index is 0.00000242. The Morgan fingerprint density at radius 3 is 2.59 bits per heavy atom. The highest BCUT2D eigenvalue weighted by atomic mass is 35.5. The zero-order valence-electron chi connectivity index (χ0n) is 13.7. The first kappa shape index (κ1) is 19.2. The van der Waals surface area contributed by atoms with Gasteiger partial charge in [-0.2, -0.15) is 0 Å². The maximum Gasteiger partial charge on any atom is 0.242 e. The lowest BCUT2D eigenvalue weighted by Gasteiger charge is -2.33. The Labute approximate surface area is 140 Å². The van der Waals surface area contributed by atoms with E-state index in [1.807, 2.05) is 11.9 Å². The molecular formula is C16H30ClN3O2. The lowest BCUT2D eigenvalue weighted by atomic mass is 9.93. The minimum Gasteiger partial charge on any atom is -0.341 e. The molecule has 0 aliphatic carbocycles. The second kappa shape index (κ2) is 10.1. The van der Waals surface area contributed by atoms with Crippen molar-refractivity contribution in [2.24, 2.45) is 5.92 Å². The molecule has 0 radical (unpaired) electrons. The monoisotopic (exact) mass is 331 g/mol. The van der Waals surface area contributed by atoms with Crippen molar-refractivity contribution in [3.05, 3.63) is 0 Å². The molecule has 2 saturated heterocycles. The molecule has 0 bridgehead atoms. The zero-order chi connectivity index (χ0) is 15.1. The van der Waals surface area contributed by atoms with Crippen molar-refractivity contribution >= 4 is 24.2 Å². The molecule has 2 aliphatic rings. The number of nitrogens with zero attached hydrogens (tertiary/aromatic N) is 2. The molecule has 0 atom stereocenters. The van der Waals surface area contributed by atoms with E-state index in [1.54, 1.807) is 4.90 Å². The molecule has 6 heteroatoms. The topological polar surface area (TPSA) is 52.7 Å². The van der Waals surface area contributed by atoms with Crippen molar-refractivity contribution in [3.63, 3.8) is 0 Å². The van der Waals surface area contributed by atoms with Gasteiger partial charge in [0, 0.05) is 26.1 Å². The molecule has 0 spiro atoms. The van der Waals surface area contributed by atoms with Gasteiger partial charge in [-0.15, -0.1) is 12.4 Å². The van der Waals surface area contributed by atoms with E-state index in [0.717, 1.165) is 64.2 Å². The van der Waals surface area contributed by atoms with Crippen LogP contribution in [0.3, 0.4) is 0 Å². The van der Waals surface area contributed by atoms with Crippen LogP contribution in [0.5, 0.6) is 0 Å². The van der Waals surface area contributed by atoms with Crippen LogP contribution >= 0.6 is 12.4 Å². The Hall–Kier alpha value is -0.810. The van der Waals surface area contributed by atoms with E-state index >= 15 is 0 Å². The van der Waals surface area contributed by atoms with Crippen molar-refractivity contribution in [3.8, 4) is 0 Å². The molecule has 2 heterocycles. The Kier molecular flexibility index (Phi) is 8.79. The lowest BCUT2D eigenvalue weighted by Crippen LogP contribution is -2.45. The largest absolute Gasteiger partial charge is 0.341 e. The summed E-state index contributed by atoms with van der Waals surface area (Å²) in [5.41, 5.74) is 0. The molecule has 0 aromatic heterocycles. The molecule has 5 nitrogen and oxygen atoms in total. The number of likely N-dealkylation sites (tertiary alicyclic amines) is 2. The van der Waals surface area contributed by atoms with Crippen LogP contribution in [0.15, 0.2) is 0 Å². The first-order valence-corrected chi connectivity index (χ1v) is 8.41.